The zero-order valence-corrected chi connectivity index (χ0v) is 12.9. The van der Waals surface area contributed by atoms with Gasteiger partial charge in [-0.15, -0.1) is 0 Å². The van der Waals surface area contributed by atoms with Crippen molar-refractivity contribution in [2.45, 2.75) is 12.8 Å². The highest BCUT2D eigenvalue weighted by atomic mass is 16.2. The smallest absolute Gasteiger partial charge is 0.257 e. The zero-order valence-electron chi connectivity index (χ0n) is 12.9. The second kappa shape index (κ2) is 5.89. The fraction of sp³-hybridized carbons (Fsp3) is 0.211. The minimum atomic E-state index is -0.0358. The third kappa shape index (κ3) is 2.62. The highest BCUT2D eigenvalue weighted by Gasteiger charge is 2.26. The van der Waals surface area contributed by atoms with Crippen LogP contribution in [0.15, 0.2) is 60.8 Å². The second-order valence-corrected chi connectivity index (χ2v) is 5.88. The summed E-state index contributed by atoms with van der Waals surface area (Å²) in [7, 11) is 0. The van der Waals surface area contributed by atoms with Gasteiger partial charge in [-0.05, 0) is 31.0 Å². The molecule has 4 heteroatoms. The van der Waals surface area contributed by atoms with Crippen LogP contribution in [0.5, 0.6) is 0 Å². The lowest BCUT2D eigenvalue weighted by atomic mass is 10.1. The van der Waals surface area contributed by atoms with E-state index in [2.05, 4.69) is 27.5 Å². The number of hydrazine groups is 1. The molecule has 0 bridgehead atoms. The summed E-state index contributed by atoms with van der Waals surface area (Å²) < 4.78 is 0. The molecule has 2 aromatic carbocycles. The van der Waals surface area contributed by atoms with E-state index in [1.54, 1.807) is 0 Å². The largest absolute Gasteiger partial charge is 0.321 e. The maximum Gasteiger partial charge on any atom is 0.257 e. The van der Waals surface area contributed by atoms with Crippen molar-refractivity contribution in [2.75, 3.05) is 23.4 Å². The van der Waals surface area contributed by atoms with Crippen LogP contribution in [0.25, 0.3) is 5.57 Å². The maximum atomic E-state index is 12.4. The molecule has 0 atom stereocenters. The van der Waals surface area contributed by atoms with E-state index in [4.69, 9.17) is 0 Å². The first-order chi connectivity index (χ1) is 11.3. The van der Waals surface area contributed by atoms with Gasteiger partial charge in [-0.3, -0.25) is 9.80 Å². The van der Waals surface area contributed by atoms with Crippen molar-refractivity contribution in [3.63, 3.8) is 0 Å². The van der Waals surface area contributed by atoms with E-state index in [9.17, 15) is 4.79 Å². The summed E-state index contributed by atoms with van der Waals surface area (Å²) in [6.45, 7) is 2.03. The van der Waals surface area contributed by atoms with E-state index in [1.165, 1.54) is 12.8 Å². The van der Waals surface area contributed by atoms with Crippen molar-refractivity contribution in [1.29, 1.82) is 0 Å². The fourth-order valence-electron chi connectivity index (χ4n) is 3.21. The Morgan fingerprint density at radius 1 is 0.957 bits per heavy atom. The molecule has 2 aliphatic heterocycles. The quantitative estimate of drug-likeness (QED) is 0.882. The molecule has 2 heterocycles. The Bertz CT molecular complexity index is 748. The van der Waals surface area contributed by atoms with Gasteiger partial charge < -0.3 is 5.32 Å². The van der Waals surface area contributed by atoms with Crippen LogP contribution in [0.1, 0.15) is 18.4 Å². The van der Waals surface area contributed by atoms with Crippen molar-refractivity contribution in [2.24, 2.45) is 0 Å². The van der Waals surface area contributed by atoms with Crippen LogP contribution in [0.3, 0.4) is 0 Å². The normalized spacial score (nSPS) is 19.0. The van der Waals surface area contributed by atoms with E-state index >= 15 is 0 Å². The van der Waals surface area contributed by atoms with Crippen molar-refractivity contribution < 1.29 is 4.79 Å². The molecule has 0 aromatic heterocycles. The Kier molecular flexibility index (Phi) is 3.60. The fourth-order valence-corrected chi connectivity index (χ4v) is 3.21. The van der Waals surface area contributed by atoms with Gasteiger partial charge in [-0.2, -0.15) is 0 Å². The number of fused-ring (bicyclic) bond motifs is 1. The van der Waals surface area contributed by atoms with Crippen LogP contribution in [0.2, 0.25) is 0 Å². The first kappa shape index (κ1) is 14.0. The molecular formula is C19H19N3O. The molecule has 1 N–H and O–H groups in total. The Morgan fingerprint density at radius 2 is 1.65 bits per heavy atom. The highest BCUT2D eigenvalue weighted by Crippen LogP contribution is 2.33. The van der Waals surface area contributed by atoms with Crippen molar-refractivity contribution >= 4 is 22.9 Å². The average Bonchev–Trinajstić information content (AvgIpc) is 3.21. The molecule has 0 radical (unpaired) electrons. The number of rotatable bonds is 3. The number of hydrogen-bond donors (Lipinski definition) is 1. The average molecular weight is 305 g/mol. The number of anilines is 2. The van der Waals surface area contributed by atoms with Crippen LogP contribution in [-0.2, 0) is 4.79 Å². The molecule has 2 aromatic rings. The SMILES string of the molecule is O=C1Nc2ccccc2C1=CN(c1ccccc1)N1CCCC1. The van der Waals surface area contributed by atoms with Crippen LogP contribution in [-0.4, -0.2) is 24.0 Å². The molecule has 1 amide bonds. The van der Waals surface area contributed by atoms with Gasteiger partial charge in [0.1, 0.15) is 0 Å². The van der Waals surface area contributed by atoms with Gasteiger partial charge in [-0.1, -0.05) is 36.4 Å². The molecule has 0 saturated carbocycles. The second-order valence-electron chi connectivity index (χ2n) is 5.88. The van der Waals surface area contributed by atoms with Crippen molar-refractivity contribution in [1.82, 2.24) is 5.01 Å². The summed E-state index contributed by atoms with van der Waals surface area (Å²) in [6, 6.07) is 18.1. The zero-order chi connectivity index (χ0) is 15.6. The van der Waals surface area contributed by atoms with Crippen molar-refractivity contribution in [3.8, 4) is 0 Å². The standard InChI is InChI=1S/C19H19N3O/c23-19-17(16-10-4-5-11-18(16)20-19)14-22(21-12-6-7-13-21)15-8-2-1-3-9-15/h1-5,8-11,14H,6-7,12-13H2,(H,20,23). The third-order valence-electron chi connectivity index (χ3n) is 4.37. The summed E-state index contributed by atoms with van der Waals surface area (Å²) in [5, 5.41) is 7.37. The summed E-state index contributed by atoms with van der Waals surface area (Å²) in [4.78, 5) is 12.4. The molecular weight excluding hydrogens is 286 g/mol. The molecule has 0 spiro atoms. The molecule has 0 unspecified atom stereocenters. The van der Waals surface area contributed by atoms with E-state index < -0.39 is 0 Å². The first-order valence-corrected chi connectivity index (χ1v) is 8.05. The van der Waals surface area contributed by atoms with E-state index in [-0.39, 0.29) is 5.91 Å². The van der Waals surface area contributed by atoms with Gasteiger partial charge in [0, 0.05) is 30.5 Å². The van der Waals surface area contributed by atoms with Crippen molar-refractivity contribution in [3.05, 3.63) is 66.4 Å². The lowest BCUT2D eigenvalue weighted by Gasteiger charge is -2.31. The van der Waals surface area contributed by atoms with Gasteiger partial charge in [-0.25, -0.2) is 5.01 Å². The summed E-state index contributed by atoms with van der Waals surface area (Å²) in [5.41, 5.74) is 3.66. The molecule has 2 aliphatic rings. The molecule has 4 nitrogen and oxygen atoms in total. The minimum absolute atomic E-state index is 0.0358. The number of para-hydroxylation sites is 2. The lowest BCUT2D eigenvalue weighted by molar-refractivity contribution is -0.110. The molecule has 4 rings (SSSR count). The van der Waals surface area contributed by atoms with Gasteiger partial charge in [0.15, 0.2) is 0 Å². The number of nitrogens with zero attached hydrogens (tertiary/aromatic N) is 2. The van der Waals surface area contributed by atoms with Crippen LogP contribution < -0.4 is 10.3 Å². The van der Waals surface area contributed by atoms with Gasteiger partial charge >= 0.3 is 0 Å². The third-order valence-corrected chi connectivity index (χ3v) is 4.37. The minimum Gasteiger partial charge on any atom is -0.321 e. The monoisotopic (exact) mass is 305 g/mol. The van der Waals surface area contributed by atoms with E-state index in [0.29, 0.717) is 0 Å². The van der Waals surface area contributed by atoms with E-state index in [0.717, 1.165) is 35.6 Å². The Morgan fingerprint density at radius 3 is 2.43 bits per heavy atom. The summed E-state index contributed by atoms with van der Waals surface area (Å²) in [6.07, 6.45) is 4.35. The Hall–Kier alpha value is -2.59. The van der Waals surface area contributed by atoms with Crippen LogP contribution in [0, 0.1) is 0 Å². The molecule has 116 valence electrons. The van der Waals surface area contributed by atoms with Gasteiger partial charge in [0.2, 0.25) is 0 Å². The predicted molar refractivity (Wildman–Crippen MR) is 92.8 cm³/mol. The number of carbonyl (C=O) groups excluding carboxylic acids is 1. The first-order valence-electron chi connectivity index (χ1n) is 8.05. The predicted octanol–water partition coefficient (Wildman–Crippen LogP) is 3.50. The molecule has 1 fully saturated rings. The molecule has 1 saturated heterocycles. The Labute approximate surface area is 136 Å². The number of hydrogen-bond acceptors (Lipinski definition) is 3. The number of carbonyl (C=O) groups is 1. The number of amides is 1. The summed E-state index contributed by atoms with van der Waals surface area (Å²) in [5.74, 6) is -0.0358. The van der Waals surface area contributed by atoms with E-state index in [1.807, 2.05) is 48.7 Å². The Balaban J connectivity index is 1.77. The maximum absolute atomic E-state index is 12.4. The van der Waals surface area contributed by atoms with Crippen LogP contribution >= 0.6 is 0 Å². The topological polar surface area (TPSA) is 35.6 Å². The number of nitrogens with one attached hydrogen (secondary N) is 1. The lowest BCUT2D eigenvalue weighted by Crippen LogP contribution is -2.37. The van der Waals surface area contributed by atoms with Gasteiger partial charge in [0.25, 0.3) is 5.91 Å². The summed E-state index contributed by atoms with van der Waals surface area (Å²) >= 11 is 0. The molecule has 23 heavy (non-hydrogen) atoms. The van der Waals surface area contributed by atoms with Gasteiger partial charge in [0.05, 0.1) is 11.3 Å². The molecule has 0 aliphatic carbocycles. The number of benzene rings is 2. The highest BCUT2D eigenvalue weighted by molar-refractivity contribution is 6.31. The van der Waals surface area contributed by atoms with Crippen LogP contribution in [0.4, 0.5) is 11.4 Å².